The predicted molar refractivity (Wildman–Crippen MR) is 78.6 cm³/mol. The molecule has 0 saturated carbocycles. The Hall–Kier alpha value is -0.840. The number of thiophene rings is 1. The first-order valence-corrected chi connectivity index (χ1v) is 7.09. The molecular formula is C13H15BrN2S. The molecule has 1 aromatic heterocycles. The smallest absolute Gasteiger partial charge is 0.0729 e. The van der Waals surface area contributed by atoms with Crippen LogP contribution in [0.1, 0.15) is 16.5 Å². The molecule has 0 fully saturated rings. The number of hydrogen-bond acceptors (Lipinski definition) is 3. The van der Waals surface area contributed by atoms with Gasteiger partial charge in [-0.05, 0) is 46.6 Å². The maximum Gasteiger partial charge on any atom is 0.0729 e. The van der Waals surface area contributed by atoms with Crippen LogP contribution in [0.5, 0.6) is 0 Å². The highest BCUT2D eigenvalue weighted by Gasteiger charge is 2.12. The summed E-state index contributed by atoms with van der Waals surface area (Å²) in [4.78, 5) is 1.25. The molecule has 2 aromatic rings. The van der Waals surface area contributed by atoms with Crippen molar-refractivity contribution in [1.82, 2.24) is 0 Å². The van der Waals surface area contributed by atoms with E-state index < -0.39 is 0 Å². The number of nitrogens with one attached hydrogen (secondary N) is 1. The van der Waals surface area contributed by atoms with Gasteiger partial charge < -0.3 is 11.1 Å². The van der Waals surface area contributed by atoms with Crippen LogP contribution in [0, 0.1) is 6.92 Å². The maximum absolute atomic E-state index is 5.84. The minimum absolute atomic E-state index is 0.174. The Labute approximate surface area is 114 Å². The molecule has 0 radical (unpaired) electrons. The highest BCUT2D eigenvalue weighted by Crippen LogP contribution is 2.29. The first kappa shape index (κ1) is 12.6. The van der Waals surface area contributed by atoms with Crippen LogP contribution < -0.4 is 11.1 Å². The Morgan fingerprint density at radius 1 is 1.29 bits per heavy atom. The molecule has 90 valence electrons. The Morgan fingerprint density at radius 3 is 2.65 bits per heavy atom. The second-order valence-electron chi connectivity index (χ2n) is 3.89. The number of nitrogens with two attached hydrogens (primary N) is 1. The average Bonchev–Trinajstić information content (AvgIpc) is 2.75. The van der Waals surface area contributed by atoms with Gasteiger partial charge in [-0.3, -0.25) is 0 Å². The van der Waals surface area contributed by atoms with E-state index in [0.29, 0.717) is 6.54 Å². The van der Waals surface area contributed by atoms with Crippen molar-refractivity contribution in [3.63, 3.8) is 0 Å². The van der Waals surface area contributed by atoms with Crippen LogP contribution in [-0.4, -0.2) is 6.54 Å². The Morgan fingerprint density at radius 2 is 2.06 bits per heavy atom. The number of halogens is 1. The van der Waals surface area contributed by atoms with Gasteiger partial charge in [-0.1, -0.05) is 18.2 Å². The minimum Gasteiger partial charge on any atom is -0.376 e. The van der Waals surface area contributed by atoms with Crippen molar-refractivity contribution < 1.29 is 0 Å². The summed E-state index contributed by atoms with van der Waals surface area (Å²) in [6.07, 6.45) is 0. The largest absolute Gasteiger partial charge is 0.376 e. The topological polar surface area (TPSA) is 38.0 Å². The van der Waals surface area contributed by atoms with Gasteiger partial charge in [0, 0.05) is 17.1 Å². The zero-order valence-corrected chi connectivity index (χ0v) is 12.0. The lowest BCUT2D eigenvalue weighted by atomic mass is 10.1. The van der Waals surface area contributed by atoms with Gasteiger partial charge >= 0.3 is 0 Å². The number of benzene rings is 1. The van der Waals surface area contributed by atoms with Crippen LogP contribution in [0.25, 0.3) is 0 Å². The second kappa shape index (κ2) is 5.67. The molecule has 3 N–H and O–H groups in total. The first-order valence-electron chi connectivity index (χ1n) is 5.48. The summed E-state index contributed by atoms with van der Waals surface area (Å²) < 4.78 is 1.14. The molecule has 17 heavy (non-hydrogen) atoms. The number of aryl methyl sites for hydroxylation is 1. The fourth-order valence-electron chi connectivity index (χ4n) is 1.68. The lowest BCUT2D eigenvalue weighted by Crippen LogP contribution is -2.19. The molecule has 2 nitrogen and oxygen atoms in total. The van der Waals surface area contributed by atoms with Gasteiger partial charge in [0.15, 0.2) is 0 Å². The van der Waals surface area contributed by atoms with E-state index in [0.717, 1.165) is 9.47 Å². The lowest BCUT2D eigenvalue weighted by Gasteiger charge is -2.18. The number of hydrogen-bond donors (Lipinski definition) is 2. The minimum atomic E-state index is 0.174. The van der Waals surface area contributed by atoms with Crippen LogP contribution in [0.3, 0.4) is 0 Å². The molecule has 0 aliphatic rings. The van der Waals surface area contributed by atoms with Crippen LogP contribution in [-0.2, 0) is 0 Å². The van der Waals surface area contributed by atoms with E-state index in [1.54, 1.807) is 11.3 Å². The fourth-order valence-corrected chi connectivity index (χ4v) is 3.17. The third kappa shape index (κ3) is 3.09. The Kier molecular flexibility index (Phi) is 4.20. The van der Waals surface area contributed by atoms with E-state index in [-0.39, 0.29) is 6.04 Å². The summed E-state index contributed by atoms with van der Waals surface area (Å²) >= 11 is 5.20. The summed E-state index contributed by atoms with van der Waals surface area (Å²) in [6.45, 7) is 2.68. The number of anilines is 1. The summed E-state index contributed by atoms with van der Waals surface area (Å²) in [5.74, 6) is 0. The summed E-state index contributed by atoms with van der Waals surface area (Å²) in [5, 5.41) is 3.49. The van der Waals surface area contributed by atoms with Gasteiger partial charge in [-0.25, -0.2) is 0 Å². The molecule has 0 aliphatic carbocycles. The zero-order chi connectivity index (χ0) is 12.3. The van der Waals surface area contributed by atoms with Crippen LogP contribution in [0.15, 0.2) is 40.2 Å². The third-order valence-corrected chi connectivity index (χ3v) is 4.39. The molecule has 0 saturated heterocycles. The van der Waals surface area contributed by atoms with Gasteiger partial charge in [0.05, 0.1) is 9.83 Å². The molecular weight excluding hydrogens is 296 g/mol. The molecule has 4 heteroatoms. The van der Waals surface area contributed by atoms with E-state index >= 15 is 0 Å². The van der Waals surface area contributed by atoms with Crippen molar-refractivity contribution in [2.75, 3.05) is 11.9 Å². The van der Waals surface area contributed by atoms with Crippen LogP contribution >= 0.6 is 27.3 Å². The van der Waals surface area contributed by atoms with E-state index in [9.17, 15) is 0 Å². The van der Waals surface area contributed by atoms with Gasteiger partial charge in [-0.2, -0.15) is 0 Å². The Bertz CT molecular complexity index is 496. The monoisotopic (exact) mass is 310 g/mol. The van der Waals surface area contributed by atoms with E-state index in [4.69, 9.17) is 5.73 Å². The van der Waals surface area contributed by atoms with Crippen molar-refractivity contribution in [3.8, 4) is 0 Å². The first-order chi connectivity index (χ1) is 8.20. The summed E-state index contributed by atoms with van der Waals surface area (Å²) in [6, 6.07) is 12.6. The molecule has 2 rings (SSSR count). The molecule has 1 atom stereocenters. The van der Waals surface area contributed by atoms with Gasteiger partial charge in [0.25, 0.3) is 0 Å². The summed E-state index contributed by atoms with van der Waals surface area (Å²) in [5.41, 5.74) is 8.22. The molecule has 0 amide bonds. The van der Waals surface area contributed by atoms with Crippen molar-refractivity contribution in [2.45, 2.75) is 13.0 Å². The lowest BCUT2D eigenvalue weighted by molar-refractivity contribution is 0.804. The van der Waals surface area contributed by atoms with Gasteiger partial charge in [-0.15, -0.1) is 11.3 Å². The molecule has 0 bridgehead atoms. The van der Waals surface area contributed by atoms with E-state index in [1.165, 1.54) is 10.4 Å². The normalized spacial score (nSPS) is 12.4. The molecule has 1 unspecified atom stereocenters. The van der Waals surface area contributed by atoms with Crippen LogP contribution in [0.2, 0.25) is 0 Å². The van der Waals surface area contributed by atoms with Crippen molar-refractivity contribution >= 4 is 33.0 Å². The van der Waals surface area contributed by atoms with Crippen molar-refractivity contribution in [1.29, 1.82) is 0 Å². The van der Waals surface area contributed by atoms with Crippen molar-refractivity contribution in [3.05, 3.63) is 50.6 Å². The number of rotatable bonds is 4. The van der Waals surface area contributed by atoms with E-state index in [2.05, 4.69) is 52.4 Å². The fraction of sp³-hybridized carbons (Fsp3) is 0.231. The molecule has 0 spiro atoms. The molecule has 1 aromatic carbocycles. The maximum atomic E-state index is 5.84. The van der Waals surface area contributed by atoms with Gasteiger partial charge in [0.2, 0.25) is 0 Å². The standard InChI is InChI=1S/C13H15BrN2S/c1-9-4-2-3-5-10(9)16-11(8-15)12-6-7-13(14)17-12/h2-7,11,16H,8,15H2,1H3. The van der Waals surface area contributed by atoms with E-state index in [1.807, 2.05) is 12.1 Å². The zero-order valence-electron chi connectivity index (χ0n) is 9.61. The number of para-hydroxylation sites is 1. The highest BCUT2D eigenvalue weighted by molar-refractivity contribution is 9.11. The van der Waals surface area contributed by atoms with Crippen LogP contribution in [0.4, 0.5) is 5.69 Å². The molecule has 1 heterocycles. The van der Waals surface area contributed by atoms with Gasteiger partial charge in [0.1, 0.15) is 0 Å². The summed E-state index contributed by atoms with van der Waals surface area (Å²) in [7, 11) is 0. The SMILES string of the molecule is Cc1ccccc1NC(CN)c1ccc(Br)s1. The Balaban J connectivity index is 2.18. The quantitative estimate of drug-likeness (QED) is 0.898. The average molecular weight is 311 g/mol. The molecule has 0 aliphatic heterocycles. The second-order valence-corrected chi connectivity index (χ2v) is 6.38. The highest BCUT2D eigenvalue weighted by atomic mass is 79.9. The third-order valence-electron chi connectivity index (χ3n) is 2.65. The van der Waals surface area contributed by atoms with Crippen molar-refractivity contribution in [2.24, 2.45) is 5.73 Å². The predicted octanol–water partition coefficient (Wildman–Crippen LogP) is 3.93.